The van der Waals surface area contributed by atoms with Crippen LogP contribution in [-0.4, -0.2) is 21.0 Å². The summed E-state index contributed by atoms with van der Waals surface area (Å²) >= 11 is 0. The summed E-state index contributed by atoms with van der Waals surface area (Å²) < 4.78 is 67.7. The van der Waals surface area contributed by atoms with Gasteiger partial charge in [0.1, 0.15) is 5.75 Å². The molecular formula is C12H15F3O4S. The molecule has 4 nitrogen and oxygen atoms in total. The van der Waals surface area contributed by atoms with Crippen LogP contribution in [0.4, 0.5) is 13.2 Å². The zero-order valence-corrected chi connectivity index (χ0v) is 12.2. The van der Waals surface area contributed by atoms with E-state index in [4.69, 9.17) is 4.74 Å². The lowest BCUT2D eigenvalue weighted by atomic mass is 9.93. The van der Waals surface area contributed by atoms with Gasteiger partial charge < -0.3 is 8.92 Å². The SMILES string of the molecule is COC(C)(C)c1ccc(OS(=O)(=O)C(F)(F)F)cc1C. The van der Waals surface area contributed by atoms with Gasteiger partial charge in [-0.15, -0.1) is 0 Å². The van der Waals surface area contributed by atoms with Crippen LogP contribution in [0.3, 0.4) is 0 Å². The second-order valence-electron chi connectivity index (χ2n) is 4.67. The average molecular weight is 312 g/mol. The van der Waals surface area contributed by atoms with Crippen LogP contribution in [0.1, 0.15) is 25.0 Å². The lowest BCUT2D eigenvalue weighted by Crippen LogP contribution is -2.28. The Balaban J connectivity index is 3.13. The molecule has 0 aliphatic rings. The molecule has 0 radical (unpaired) electrons. The van der Waals surface area contributed by atoms with E-state index in [2.05, 4.69) is 4.18 Å². The molecular weight excluding hydrogens is 297 g/mol. The fourth-order valence-corrected chi connectivity index (χ4v) is 2.10. The van der Waals surface area contributed by atoms with Crippen molar-refractivity contribution in [1.82, 2.24) is 0 Å². The van der Waals surface area contributed by atoms with Gasteiger partial charge in [-0.05, 0) is 44.0 Å². The smallest absolute Gasteiger partial charge is 0.376 e. The predicted molar refractivity (Wildman–Crippen MR) is 66.8 cm³/mol. The molecule has 20 heavy (non-hydrogen) atoms. The van der Waals surface area contributed by atoms with E-state index in [0.29, 0.717) is 5.56 Å². The third-order valence-corrected chi connectivity index (χ3v) is 3.83. The molecule has 1 aromatic rings. The Hall–Kier alpha value is -1.28. The van der Waals surface area contributed by atoms with Crippen molar-refractivity contribution in [3.8, 4) is 5.75 Å². The van der Waals surface area contributed by atoms with E-state index in [-0.39, 0.29) is 0 Å². The Morgan fingerprint density at radius 2 is 1.70 bits per heavy atom. The normalized spacial score (nSPS) is 13.3. The van der Waals surface area contributed by atoms with Gasteiger partial charge in [0, 0.05) is 7.11 Å². The molecule has 0 amide bonds. The molecule has 0 aliphatic heterocycles. The van der Waals surface area contributed by atoms with Crippen molar-refractivity contribution in [3.05, 3.63) is 29.3 Å². The first-order valence-corrected chi connectivity index (χ1v) is 6.98. The first-order chi connectivity index (χ1) is 8.90. The van der Waals surface area contributed by atoms with Crippen LogP contribution in [-0.2, 0) is 20.5 Å². The predicted octanol–water partition coefficient (Wildman–Crippen LogP) is 3.10. The summed E-state index contributed by atoms with van der Waals surface area (Å²) in [6.07, 6.45) is 0. The van der Waals surface area contributed by atoms with Gasteiger partial charge in [0.05, 0.1) is 5.60 Å². The van der Waals surface area contributed by atoms with Crippen molar-refractivity contribution in [2.45, 2.75) is 31.9 Å². The lowest BCUT2D eigenvalue weighted by Gasteiger charge is -2.25. The van der Waals surface area contributed by atoms with Crippen molar-refractivity contribution >= 4 is 10.1 Å². The molecule has 0 N–H and O–H groups in total. The Morgan fingerprint density at radius 3 is 2.10 bits per heavy atom. The van der Waals surface area contributed by atoms with Crippen LogP contribution in [0.15, 0.2) is 18.2 Å². The Bertz CT molecular complexity index is 591. The highest BCUT2D eigenvalue weighted by Crippen LogP contribution is 2.32. The largest absolute Gasteiger partial charge is 0.534 e. The molecule has 114 valence electrons. The van der Waals surface area contributed by atoms with E-state index >= 15 is 0 Å². The van der Waals surface area contributed by atoms with Crippen LogP contribution < -0.4 is 4.18 Å². The van der Waals surface area contributed by atoms with Crippen molar-refractivity contribution < 1.29 is 30.5 Å². The maximum atomic E-state index is 12.2. The molecule has 0 fully saturated rings. The zero-order valence-electron chi connectivity index (χ0n) is 11.4. The standard InChI is InChI=1S/C12H15F3O4S/c1-8-7-9(19-20(16,17)12(13,14)15)5-6-10(8)11(2,3)18-4/h5-7H,1-4H3. The van der Waals surface area contributed by atoms with Gasteiger partial charge >= 0.3 is 15.6 Å². The molecule has 0 aromatic heterocycles. The van der Waals surface area contributed by atoms with Crippen LogP contribution in [0.5, 0.6) is 5.75 Å². The summed E-state index contributed by atoms with van der Waals surface area (Å²) in [4.78, 5) is 0. The number of methoxy groups -OCH3 is 1. The van der Waals surface area contributed by atoms with Crippen LogP contribution in [0, 0.1) is 6.92 Å². The maximum absolute atomic E-state index is 12.2. The van der Waals surface area contributed by atoms with E-state index < -0.39 is 27.0 Å². The van der Waals surface area contributed by atoms with Gasteiger partial charge in [-0.25, -0.2) is 0 Å². The summed E-state index contributed by atoms with van der Waals surface area (Å²) in [7, 11) is -4.15. The summed E-state index contributed by atoms with van der Waals surface area (Å²) in [5.74, 6) is -0.393. The van der Waals surface area contributed by atoms with E-state index in [1.807, 2.05) is 0 Å². The van der Waals surface area contributed by atoms with Crippen molar-refractivity contribution in [2.75, 3.05) is 7.11 Å². The van der Waals surface area contributed by atoms with E-state index in [0.717, 1.165) is 11.6 Å². The second-order valence-corrected chi connectivity index (χ2v) is 6.21. The Kier molecular flexibility index (Phi) is 4.40. The van der Waals surface area contributed by atoms with Gasteiger partial charge in [-0.3, -0.25) is 0 Å². The number of rotatable bonds is 4. The van der Waals surface area contributed by atoms with E-state index in [1.165, 1.54) is 19.2 Å². The van der Waals surface area contributed by atoms with Gasteiger partial charge in [0.2, 0.25) is 0 Å². The lowest BCUT2D eigenvalue weighted by molar-refractivity contribution is -0.0500. The molecule has 0 saturated carbocycles. The van der Waals surface area contributed by atoms with Gasteiger partial charge in [0.25, 0.3) is 0 Å². The Labute approximate surface area is 115 Å². The average Bonchev–Trinajstić information content (AvgIpc) is 2.26. The number of hydrogen-bond acceptors (Lipinski definition) is 4. The van der Waals surface area contributed by atoms with Crippen molar-refractivity contribution in [1.29, 1.82) is 0 Å². The summed E-state index contributed by atoms with van der Waals surface area (Å²) in [5, 5.41) is 0. The minimum absolute atomic E-state index is 0.393. The van der Waals surface area contributed by atoms with Crippen molar-refractivity contribution in [2.24, 2.45) is 0 Å². The minimum atomic E-state index is -5.65. The van der Waals surface area contributed by atoms with E-state index in [1.54, 1.807) is 20.8 Å². The first-order valence-electron chi connectivity index (χ1n) is 5.58. The molecule has 0 bridgehead atoms. The third kappa shape index (κ3) is 3.43. The quantitative estimate of drug-likeness (QED) is 0.633. The molecule has 1 rings (SSSR count). The first kappa shape index (κ1) is 16.8. The number of alkyl halides is 3. The summed E-state index contributed by atoms with van der Waals surface area (Å²) in [6, 6.07) is 3.85. The monoisotopic (exact) mass is 312 g/mol. The fourth-order valence-electron chi connectivity index (χ4n) is 1.65. The molecule has 0 unspecified atom stereocenters. The van der Waals surface area contributed by atoms with Gasteiger partial charge in [-0.2, -0.15) is 21.6 Å². The van der Waals surface area contributed by atoms with Gasteiger partial charge in [-0.1, -0.05) is 6.07 Å². The number of ether oxygens (including phenoxy) is 1. The van der Waals surface area contributed by atoms with Crippen LogP contribution >= 0.6 is 0 Å². The number of benzene rings is 1. The van der Waals surface area contributed by atoms with Crippen molar-refractivity contribution in [3.63, 3.8) is 0 Å². The van der Waals surface area contributed by atoms with Crippen LogP contribution in [0.25, 0.3) is 0 Å². The minimum Gasteiger partial charge on any atom is -0.376 e. The molecule has 1 aromatic carbocycles. The highest BCUT2D eigenvalue weighted by atomic mass is 32.2. The summed E-state index contributed by atoms with van der Waals surface area (Å²) in [6.45, 7) is 5.19. The summed E-state index contributed by atoms with van der Waals surface area (Å²) in [5.41, 5.74) is -4.82. The second kappa shape index (κ2) is 5.25. The number of aryl methyl sites for hydroxylation is 1. The zero-order chi connectivity index (χ0) is 15.8. The number of halogens is 3. The molecule has 0 saturated heterocycles. The fraction of sp³-hybridized carbons (Fsp3) is 0.500. The molecule has 0 atom stereocenters. The third-order valence-electron chi connectivity index (χ3n) is 2.85. The highest BCUT2D eigenvalue weighted by Gasteiger charge is 2.48. The maximum Gasteiger partial charge on any atom is 0.534 e. The highest BCUT2D eigenvalue weighted by molar-refractivity contribution is 7.87. The van der Waals surface area contributed by atoms with Gasteiger partial charge in [0.15, 0.2) is 0 Å². The molecule has 8 heteroatoms. The molecule has 0 aliphatic carbocycles. The van der Waals surface area contributed by atoms with Crippen LogP contribution in [0.2, 0.25) is 0 Å². The topological polar surface area (TPSA) is 52.6 Å². The molecule has 0 heterocycles. The van der Waals surface area contributed by atoms with E-state index in [9.17, 15) is 21.6 Å². The number of hydrogen-bond donors (Lipinski definition) is 0. The molecule has 0 spiro atoms. The Morgan fingerprint density at radius 1 is 1.15 bits per heavy atom.